The lowest BCUT2D eigenvalue weighted by molar-refractivity contribution is -0.140. The predicted molar refractivity (Wildman–Crippen MR) is 88.9 cm³/mol. The van der Waals surface area contributed by atoms with Gasteiger partial charge >= 0.3 is 5.76 Å². The number of hydrogen-bond acceptors (Lipinski definition) is 3. The third-order valence-corrected chi connectivity index (χ3v) is 7.59. The van der Waals surface area contributed by atoms with Gasteiger partial charge in [-0.25, -0.2) is 8.42 Å². The quantitative estimate of drug-likeness (QED) is 0.877. The number of hydrogen-bond donors (Lipinski definition) is 1. The van der Waals surface area contributed by atoms with Gasteiger partial charge in [0.1, 0.15) is 0 Å². The zero-order valence-electron chi connectivity index (χ0n) is 13.8. The average Bonchev–Trinajstić information content (AvgIpc) is 2.54. The van der Waals surface area contributed by atoms with Crippen LogP contribution >= 0.6 is 0 Å². The molecule has 25 heavy (non-hydrogen) atoms. The van der Waals surface area contributed by atoms with Crippen LogP contribution in [0.3, 0.4) is 0 Å². The summed E-state index contributed by atoms with van der Waals surface area (Å²) in [6, 6.07) is 5.01. The number of anilines is 1. The molecule has 1 amide bonds. The Kier molecular flexibility index (Phi) is 3.90. The van der Waals surface area contributed by atoms with Crippen LogP contribution in [0.4, 0.5) is 14.5 Å². The summed E-state index contributed by atoms with van der Waals surface area (Å²) in [6.07, 6.45) is 6.53. The molecule has 1 aromatic rings. The highest BCUT2D eigenvalue weighted by molar-refractivity contribution is 7.91. The van der Waals surface area contributed by atoms with Gasteiger partial charge in [-0.2, -0.15) is 8.78 Å². The second kappa shape index (κ2) is 5.76. The molecule has 4 fully saturated rings. The van der Waals surface area contributed by atoms with Crippen molar-refractivity contribution in [3.8, 4) is 0 Å². The Hall–Kier alpha value is -1.50. The lowest BCUT2D eigenvalue weighted by Crippen LogP contribution is -2.51. The number of benzene rings is 1. The standard InChI is InChI=1S/C18H21F2NO3S/c19-17(20)25(23,24)15-3-1-14(2-4-15)21-16(22)18-8-11-5-12(9-18)7-13(6-11)10-18/h1-4,11-13,17H,5-10H2,(H,21,22). The first-order valence-electron chi connectivity index (χ1n) is 8.72. The van der Waals surface area contributed by atoms with Crippen LogP contribution in [0.5, 0.6) is 0 Å². The van der Waals surface area contributed by atoms with Gasteiger partial charge in [-0.05, 0) is 80.5 Å². The zero-order chi connectivity index (χ0) is 17.8. The van der Waals surface area contributed by atoms with Gasteiger partial charge in [0, 0.05) is 5.69 Å². The maximum atomic E-state index is 12.9. The number of halogens is 2. The summed E-state index contributed by atoms with van der Waals surface area (Å²) in [5, 5.41) is 2.89. The maximum absolute atomic E-state index is 12.9. The summed E-state index contributed by atoms with van der Waals surface area (Å²) in [6.45, 7) is 0. The topological polar surface area (TPSA) is 63.2 Å². The Morgan fingerprint density at radius 3 is 1.92 bits per heavy atom. The van der Waals surface area contributed by atoms with E-state index in [1.807, 2.05) is 0 Å². The monoisotopic (exact) mass is 369 g/mol. The van der Waals surface area contributed by atoms with Crippen LogP contribution in [-0.2, 0) is 14.6 Å². The molecule has 0 spiro atoms. The van der Waals surface area contributed by atoms with E-state index >= 15 is 0 Å². The molecule has 0 aliphatic heterocycles. The average molecular weight is 369 g/mol. The molecular weight excluding hydrogens is 348 g/mol. The van der Waals surface area contributed by atoms with E-state index in [1.165, 1.54) is 31.4 Å². The highest BCUT2D eigenvalue weighted by atomic mass is 32.2. The molecule has 0 radical (unpaired) electrons. The molecule has 0 unspecified atom stereocenters. The highest BCUT2D eigenvalue weighted by Crippen LogP contribution is 2.60. The molecule has 4 aliphatic rings. The maximum Gasteiger partial charge on any atom is 0.341 e. The van der Waals surface area contributed by atoms with Gasteiger partial charge in [0.2, 0.25) is 15.7 Å². The van der Waals surface area contributed by atoms with Crippen LogP contribution < -0.4 is 5.32 Å². The molecule has 4 saturated carbocycles. The number of nitrogens with one attached hydrogen (secondary N) is 1. The lowest BCUT2D eigenvalue weighted by Gasteiger charge is -2.55. The third-order valence-electron chi connectivity index (χ3n) is 6.20. The normalized spacial score (nSPS) is 33.6. The van der Waals surface area contributed by atoms with Crippen molar-refractivity contribution in [2.24, 2.45) is 23.2 Å². The van der Waals surface area contributed by atoms with E-state index in [4.69, 9.17) is 0 Å². The Morgan fingerprint density at radius 1 is 1.00 bits per heavy atom. The van der Waals surface area contributed by atoms with Crippen molar-refractivity contribution in [1.29, 1.82) is 0 Å². The summed E-state index contributed by atoms with van der Waals surface area (Å²) in [7, 11) is -4.61. The second-order valence-corrected chi connectivity index (χ2v) is 9.90. The van der Waals surface area contributed by atoms with Crippen molar-refractivity contribution in [2.75, 3.05) is 5.32 Å². The van der Waals surface area contributed by atoms with Crippen LogP contribution in [0.15, 0.2) is 29.2 Å². The Labute approximate surface area is 145 Å². The van der Waals surface area contributed by atoms with Gasteiger partial charge in [-0.1, -0.05) is 0 Å². The van der Waals surface area contributed by atoms with E-state index in [-0.39, 0.29) is 11.3 Å². The molecule has 1 aromatic carbocycles. The van der Waals surface area contributed by atoms with Gasteiger partial charge in [0.15, 0.2) is 0 Å². The Balaban J connectivity index is 1.50. The molecule has 4 nitrogen and oxygen atoms in total. The van der Waals surface area contributed by atoms with Crippen molar-refractivity contribution >= 4 is 21.4 Å². The number of rotatable bonds is 4. The second-order valence-electron chi connectivity index (χ2n) is 7.98. The van der Waals surface area contributed by atoms with Crippen molar-refractivity contribution in [3.05, 3.63) is 24.3 Å². The van der Waals surface area contributed by atoms with E-state index in [0.717, 1.165) is 31.4 Å². The molecule has 7 heteroatoms. The third kappa shape index (κ3) is 2.86. The minimum absolute atomic E-state index is 0.00364. The summed E-state index contributed by atoms with van der Waals surface area (Å²) in [5.41, 5.74) is 0.150. The van der Waals surface area contributed by atoms with Gasteiger partial charge < -0.3 is 5.32 Å². The number of carbonyl (C=O) groups is 1. The molecule has 4 aliphatic carbocycles. The number of alkyl halides is 2. The van der Waals surface area contributed by atoms with E-state index in [9.17, 15) is 22.0 Å². The fraction of sp³-hybridized carbons (Fsp3) is 0.611. The zero-order valence-corrected chi connectivity index (χ0v) is 14.6. The van der Waals surface area contributed by atoms with E-state index in [0.29, 0.717) is 23.4 Å². The smallest absolute Gasteiger partial charge is 0.326 e. The van der Waals surface area contributed by atoms with Crippen LogP contribution in [0, 0.1) is 23.2 Å². The molecule has 1 N–H and O–H groups in total. The summed E-state index contributed by atoms with van der Waals surface area (Å²) in [4.78, 5) is 12.5. The van der Waals surface area contributed by atoms with Gasteiger partial charge in [0.05, 0.1) is 10.3 Å². The first-order chi connectivity index (χ1) is 11.8. The highest BCUT2D eigenvalue weighted by Gasteiger charge is 2.54. The fourth-order valence-electron chi connectivity index (χ4n) is 5.48. The van der Waals surface area contributed by atoms with E-state index in [1.54, 1.807) is 0 Å². The summed E-state index contributed by atoms with van der Waals surface area (Å²) >= 11 is 0. The van der Waals surface area contributed by atoms with Crippen molar-refractivity contribution < 1.29 is 22.0 Å². The van der Waals surface area contributed by atoms with Crippen molar-refractivity contribution in [1.82, 2.24) is 0 Å². The molecule has 0 atom stereocenters. The van der Waals surface area contributed by atoms with Crippen molar-refractivity contribution in [2.45, 2.75) is 49.2 Å². The minimum Gasteiger partial charge on any atom is -0.326 e. The molecule has 0 aromatic heterocycles. The SMILES string of the molecule is O=C(Nc1ccc(S(=O)(=O)C(F)F)cc1)C12CC3CC(CC(C3)C1)C2. The first kappa shape index (κ1) is 16.9. The number of carbonyl (C=O) groups excluding carboxylic acids is 1. The van der Waals surface area contributed by atoms with E-state index < -0.39 is 20.5 Å². The number of amides is 1. The Morgan fingerprint density at radius 2 is 1.48 bits per heavy atom. The largest absolute Gasteiger partial charge is 0.341 e. The molecular formula is C18H21F2NO3S. The van der Waals surface area contributed by atoms with Crippen LogP contribution in [0.1, 0.15) is 38.5 Å². The molecule has 5 rings (SSSR count). The summed E-state index contributed by atoms with van der Waals surface area (Å²) < 4.78 is 48.1. The fourth-order valence-corrected chi connectivity index (χ4v) is 6.20. The molecule has 4 bridgehead atoms. The molecule has 0 heterocycles. The Bertz CT molecular complexity index is 754. The van der Waals surface area contributed by atoms with Gasteiger partial charge in [-0.15, -0.1) is 0 Å². The van der Waals surface area contributed by atoms with E-state index in [2.05, 4.69) is 5.32 Å². The van der Waals surface area contributed by atoms with Crippen LogP contribution in [-0.4, -0.2) is 20.1 Å². The molecule has 0 saturated heterocycles. The van der Waals surface area contributed by atoms with Crippen molar-refractivity contribution in [3.63, 3.8) is 0 Å². The first-order valence-corrected chi connectivity index (χ1v) is 10.3. The number of sulfone groups is 1. The summed E-state index contributed by atoms with van der Waals surface area (Å²) in [5.74, 6) is -1.50. The van der Waals surface area contributed by atoms with Crippen LogP contribution in [0.25, 0.3) is 0 Å². The predicted octanol–water partition coefficient (Wildman–Crippen LogP) is 3.84. The minimum atomic E-state index is -4.61. The lowest BCUT2D eigenvalue weighted by atomic mass is 9.49. The van der Waals surface area contributed by atoms with Gasteiger partial charge in [-0.3, -0.25) is 4.79 Å². The van der Waals surface area contributed by atoms with Gasteiger partial charge in [0.25, 0.3) is 0 Å². The van der Waals surface area contributed by atoms with Crippen LogP contribution in [0.2, 0.25) is 0 Å². The molecule has 136 valence electrons.